The molecule has 0 saturated heterocycles. The average molecular weight is 280 g/mol. The molecule has 0 radical (unpaired) electrons. The number of hydrogen-bond acceptors (Lipinski definition) is 5. The Morgan fingerprint density at radius 2 is 1.67 bits per heavy atom. The molecule has 0 aliphatic carbocycles. The first kappa shape index (κ1) is 17.3. The number of esters is 1. The van der Waals surface area contributed by atoms with Gasteiger partial charge in [-0.3, -0.25) is 4.79 Å². The fraction of sp³-hybridized carbons (Fsp3) is 0.909. The third-order valence-electron chi connectivity index (χ3n) is 1.72. The van der Waals surface area contributed by atoms with Gasteiger partial charge in [0.1, 0.15) is 5.60 Å². The Kier molecular flexibility index (Phi) is 5.77. The summed E-state index contributed by atoms with van der Waals surface area (Å²) < 4.78 is 29.8. The summed E-state index contributed by atoms with van der Waals surface area (Å²) in [6.45, 7) is 9.22. The summed E-state index contributed by atoms with van der Waals surface area (Å²) in [5.41, 5.74) is -1.17. The molecule has 108 valence electrons. The summed E-state index contributed by atoms with van der Waals surface area (Å²) in [5, 5.41) is 2.87. The van der Waals surface area contributed by atoms with Crippen LogP contribution in [0.1, 0.15) is 34.6 Å². The SMILES string of the molecule is CC(C)(CNCC(=O)OC(C)(C)C)NS(C)(=O)=O. The first-order valence-corrected chi connectivity index (χ1v) is 7.61. The standard InChI is InChI=1S/C11H24N2O4S/c1-10(2,3)17-9(14)7-12-8-11(4,5)13-18(6,15)16/h12-13H,7-8H2,1-6H3. The van der Waals surface area contributed by atoms with Gasteiger partial charge in [-0.1, -0.05) is 0 Å². The Labute approximate surface area is 110 Å². The van der Waals surface area contributed by atoms with Crippen LogP contribution in [0.3, 0.4) is 0 Å². The molecular formula is C11H24N2O4S. The number of nitrogens with one attached hydrogen (secondary N) is 2. The van der Waals surface area contributed by atoms with Crippen molar-refractivity contribution in [3.05, 3.63) is 0 Å². The minimum Gasteiger partial charge on any atom is -0.459 e. The topological polar surface area (TPSA) is 84.5 Å². The number of ether oxygens (including phenoxy) is 1. The van der Waals surface area contributed by atoms with E-state index in [1.165, 1.54) is 0 Å². The van der Waals surface area contributed by atoms with Crippen molar-refractivity contribution in [2.24, 2.45) is 0 Å². The third-order valence-corrected chi connectivity index (χ3v) is 2.64. The van der Waals surface area contributed by atoms with Crippen molar-refractivity contribution in [2.45, 2.75) is 45.8 Å². The summed E-state index contributed by atoms with van der Waals surface area (Å²) >= 11 is 0. The van der Waals surface area contributed by atoms with E-state index < -0.39 is 21.2 Å². The molecule has 0 fully saturated rings. The van der Waals surface area contributed by atoms with Crippen LogP contribution < -0.4 is 10.0 Å². The van der Waals surface area contributed by atoms with Crippen molar-refractivity contribution in [1.29, 1.82) is 0 Å². The van der Waals surface area contributed by atoms with E-state index >= 15 is 0 Å². The van der Waals surface area contributed by atoms with E-state index in [2.05, 4.69) is 10.0 Å². The van der Waals surface area contributed by atoms with Crippen molar-refractivity contribution >= 4 is 16.0 Å². The zero-order valence-electron chi connectivity index (χ0n) is 12.0. The average Bonchev–Trinajstić information content (AvgIpc) is 1.93. The molecule has 0 saturated carbocycles. The van der Waals surface area contributed by atoms with Gasteiger partial charge in [-0.15, -0.1) is 0 Å². The largest absolute Gasteiger partial charge is 0.459 e. The predicted molar refractivity (Wildman–Crippen MR) is 70.8 cm³/mol. The zero-order chi connectivity index (χ0) is 14.6. The highest BCUT2D eigenvalue weighted by Gasteiger charge is 2.22. The molecule has 0 unspecified atom stereocenters. The molecule has 0 aromatic heterocycles. The number of hydrogen-bond donors (Lipinski definition) is 2. The molecule has 0 heterocycles. The molecule has 0 aromatic carbocycles. The van der Waals surface area contributed by atoms with Crippen molar-refractivity contribution in [3.8, 4) is 0 Å². The second-order valence-electron chi connectivity index (χ2n) is 5.95. The van der Waals surface area contributed by atoms with Crippen LogP contribution in [0, 0.1) is 0 Å². The van der Waals surface area contributed by atoms with Crippen LogP contribution in [-0.2, 0) is 19.6 Å². The highest BCUT2D eigenvalue weighted by Crippen LogP contribution is 2.06. The first-order valence-electron chi connectivity index (χ1n) is 5.72. The molecule has 2 N–H and O–H groups in total. The lowest BCUT2D eigenvalue weighted by Crippen LogP contribution is -2.50. The quantitative estimate of drug-likeness (QED) is 0.681. The molecule has 0 aromatic rings. The van der Waals surface area contributed by atoms with Crippen LogP contribution in [0.4, 0.5) is 0 Å². The molecule has 0 spiro atoms. The van der Waals surface area contributed by atoms with Gasteiger partial charge in [-0.05, 0) is 34.6 Å². The van der Waals surface area contributed by atoms with Gasteiger partial charge in [-0.2, -0.15) is 0 Å². The number of carbonyl (C=O) groups is 1. The summed E-state index contributed by atoms with van der Waals surface area (Å²) in [5.74, 6) is -0.363. The minimum absolute atomic E-state index is 0.0478. The summed E-state index contributed by atoms with van der Waals surface area (Å²) in [7, 11) is -3.27. The Morgan fingerprint density at radius 3 is 2.06 bits per heavy atom. The van der Waals surface area contributed by atoms with Crippen LogP contribution in [0.2, 0.25) is 0 Å². The smallest absolute Gasteiger partial charge is 0.320 e. The van der Waals surface area contributed by atoms with Crippen molar-refractivity contribution in [3.63, 3.8) is 0 Å². The lowest BCUT2D eigenvalue weighted by Gasteiger charge is -2.25. The van der Waals surface area contributed by atoms with Crippen LogP contribution in [0.25, 0.3) is 0 Å². The fourth-order valence-corrected chi connectivity index (χ4v) is 2.47. The van der Waals surface area contributed by atoms with Crippen LogP contribution >= 0.6 is 0 Å². The highest BCUT2D eigenvalue weighted by molar-refractivity contribution is 7.88. The van der Waals surface area contributed by atoms with E-state index in [-0.39, 0.29) is 12.5 Å². The van der Waals surface area contributed by atoms with E-state index in [4.69, 9.17) is 4.74 Å². The van der Waals surface area contributed by atoms with Gasteiger partial charge in [-0.25, -0.2) is 13.1 Å². The van der Waals surface area contributed by atoms with E-state index in [0.29, 0.717) is 6.54 Å². The Hall–Kier alpha value is -0.660. The molecule has 6 nitrogen and oxygen atoms in total. The second-order valence-corrected chi connectivity index (χ2v) is 7.70. The lowest BCUT2D eigenvalue weighted by atomic mass is 10.1. The van der Waals surface area contributed by atoms with Crippen LogP contribution in [0.15, 0.2) is 0 Å². The highest BCUT2D eigenvalue weighted by atomic mass is 32.2. The maximum atomic E-state index is 11.4. The molecule has 7 heteroatoms. The number of carbonyl (C=O) groups excluding carboxylic acids is 1. The Balaban J connectivity index is 4.08. The molecule has 0 amide bonds. The van der Waals surface area contributed by atoms with E-state index in [9.17, 15) is 13.2 Å². The number of rotatable bonds is 6. The minimum atomic E-state index is -3.27. The van der Waals surface area contributed by atoms with Gasteiger partial charge < -0.3 is 10.1 Å². The summed E-state index contributed by atoms with van der Waals surface area (Å²) in [6.07, 6.45) is 1.10. The molecule has 0 bridgehead atoms. The van der Waals surface area contributed by atoms with E-state index in [1.807, 2.05) is 0 Å². The third kappa shape index (κ3) is 10.5. The Morgan fingerprint density at radius 1 is 1.17 bits per heavy atom. The van der Waals surface area contributed by atoms with Gasteiger partial charge in [0.2, 0.25) is 10.0 Å². The predicted octanol–water partition coefficient (Wildman–Crippen LogP) is 0.246. The fourth-order valence-electron chi connectivity index (χ4n) is 1.39. The van der Waals surface area contributed by atoms with Crippen LogP contribution in [0.5, 0.6) is 0 Å². The summed E-state index contributed by atoms with van der Waals surface area (Å²) in [6, 6.07) is 0. The van der Waals surface area contributed by atoms with Gasteiger partial charge in [0.05, 0.1) is 12.8 Å². The van der Waals surface area contributed by atoms with Crippen molar-refractivity contribution < 1.29 is 17.9 Å². The molecule has 0 aliphatic heterocycles. The number of sulfonamides is 1. The molecule has 0 rings (SSSR count). The molecule has 0 atom stereocenters. The lowest BCUT2D eigenvalue weighted by molar-refractivity contribution is -0.153. The monoisotopic (exact) mass is 280 g/mol. The van der Waals surface area contributed by atoms with E-state index in [0.717, 1.165) is 6.26 Å². The molecular weight excluding hydrogens is 256 g/mol. The maximum absolute atomic E-state index is 11.4. The van der Waals surface area contributed by atoms with E-state index in [1.54, 1.807) is 34.6 Å². The van der Waals surface area contributed by atoms with Gasteiger partial charge in [0.15, 0.2) is 0 Å². The molecule has 18 heavy (non-hydrogen) atoms. The Bertz CT molecular complexity index is 382. The zero-order valence-corrected chi connectivity index (χ0v) is 12.8. The van der Waals surface area contributed by atoms with Gasteiger partial charge >= 0.3 is 5.97 Å². The molecule has 0 aliphatic rings. The van der Waals surface area contributed by atoms with Crippen molar-refractivity contribution in [2.75, 3.05) is 19.3 Å². The first-order chi connectivity index (χ1) is 7.81. The summed E-state index contributed by atoms with van der Waals surface area (Å²) in [4.78, 5) is 11.4. The normalized spacial score (nSPS) is 13.4. The van der Waals surface area contributed by atoms with Crippen molar-refractivity contribution in [1.82, 2.24) is 10.0 Å². The van der Waals surface area contributed by atoms with Gasteiger partial charge in [0.25, 0.3) is 0 Å². The maximum Gasteiger partial charge on any atom is 0.320 e. The van der Waals surface area contributed by atoms with Crippen LogP contribution in [-0.4, -0.2) is 44.9 Å². The second kappa shape index (κ2) is 5.99. The van der Waals surface area contributed by atoms with Gasteiger partial charge in [0, 0.05) is 12.1 Å².